The molecule has 0 bridgehead atoms. The minimum atomic E-state index is -0.552. The minimum Gasteiger partial charge on any atom is -0.489 e. The summed E-state index contributed by atoms with van der Waals surface area (Å²) in [5.74, 6) is -0.824. The summed E-state index contributed by atoms with van der Waals surface area (Å²) in [4.78, 5) is 14.2. The third-order valence-electron chi connectivity index (χ3n) is 5.82. The van der Waals surface area contributed by atoms with Crippen molar-refractivity contribution in [1.29, 1.82) is 0 Å². The Morgan fingerprint density at radius 3 is 2.87 bits per heavy atom. The Bertz CT molecular complexity index is 1050. The summed E-state index contributed by atoms with van der Waals surface area (Å²) in [6, 6.07) is 10.9. The van der Waals surface area contributed by atoms with Crippen LogP contribution in [0.5, 0.6) is 5.75 Å². The molecule has 5 nitrogen and oxygen atoms in total. The van der Waals surface area contributed by atoms with E-state index in [4.69, 9.17) is 14.9 Å². The van der Waals surface area contributed by atoms with Gasteiger partial charge < -0.3 is 14.9 Å². The smallest absolute Gasteiger partial charge is 0.249 e. The van der Waals surface area contributed by atoms with E-state index in [1.165, 1.54) is 17.7 Å². The van der Waals surface area contributed by atoms with Gasteiger partial charge in [-0.1, -0.05) is 25.1 Å². The summed E-state index contributed by atoms with van der Waals surface area (Å²) in [7, 11) is 0. The first kappa shape index (κ1) is 20.4. The first-order valence-electron chi connectivity index (χ1n) is 10.5. The third-order valence-corrected chi connectivity index (χ3v) is 5.82. The Morgan fingerprint density at radius 2 is 2.07 bits per heavy atom. The molecule has 1 aromatic heterocycles. The number of furan rings is 1. The maximum atomic E-state index is 14.2. The van der Waals surface area contributed by atoms with Crippen LogP contribution in [0.25, 0.3) is 11.0 Å². The molecule has 4 rings (SSSR count). The number of carbonyl (C=O) groups is 1. The molecular weight excluding hydrogens is 383 g/mol. The van der Waals surface area contributed by atoms with E-state index in [1.807, 2.05) is 24.5 Å². The van der Waals surface area contributed by atoms with Crippen LogP contribution in [-0.4, -0.2) is 36.5 Å². The van der Waals surface area contributed by atoms with Crippen LogP contribution < -0.4 is 10.5 Å². The molecule has 1 unspecified atom stereocenters. The molecule has 1 atom stereocenters. The molecule has 0 spiro atoms. The van der Waals surface area contributed by atoms with Crippen LogP contribution in [0.2, 0.25) is 0 Å². The van der Waals surface area contributed by atoms with Crippen molar-refractivity contribution < 1.29 is 18.3 Å². The van der Waals surface area contributed by atoms with E-state index in [9.17, 15) is 9.18 Å². The number of fused-ring (bicyclic) bond motifs is 2. The lowest BCUT2D eigenvalue weighted by Crippen LogP contribution is -2.44. The summed E-state index contributed by atoms with van der Waals surface area (Å²) in [6.07, 6.45) is 5.29. The lowest BCUT2D eigenvalue weighted by molar-refractivity contribution is 0.0984. The van der Waals surface area contributed by atoms with Gasteiger partial charge in [-0.3, -0.25) is 9.69 Å². The second kappa shape index (κ2) is 8.88. The molecule has 0 saturated carbocycles. The molecule has 1 aliphatic rings. The first-order valence-corrected chi connectivity index (χ1v) is 10.5. The molecule has 0 aliphatic carbocycles. The topological polar surface area (TPSA) is 68.7 Å². The van der Waals surface area contributed by atoms with Gasteiger partial charge in [0.05, 0.1) is 6.26 Å². The van der Waals surface area contributed by atoms with Crippen LogP contribution in [-0.2, 0) is 12.8 Å². The number of primary amides is 1. The molecule has 6 heteroatoms. The predicted molar refractivity (Wildman–Crippen MR) is 114 cm³/mol. The second-order valence-electron chi connectivity index (χ2n) is 7.83. The van der Waals surface area contributed by atoms with Gasteiger partial charge in [0.1, 0.15) is 12.2 Å². The van der Waals surface area contributed by atoms with Gasteiger partial charge in [-0.15, -0.1) is 0 Å². The third kappa shape index (κ3) is 4.05. The number of para-hydroxylation sites is 1. The number of nitrogens with zero attached hydrogens (tertiary/aromatic N) is 1. The van der Waals surface area contributed by atoms with Gasteiger partial charge in [0.25, 0.3) is 0 Å². The monoisotopic (exact) mass is 410 g/mol. The van der Waals surface area contributed by atoms with Crippen molar-refractivity contribution in [1.82, 2.24) is 4.90 Å². The zero-order chi connectivity index (χ0) is 21.1. The maximum Gasteiger partial charge on any atom is 0.249 e. The van der Waals surface area contributed by atoms with Crippen molar-refractivity contribution in [2.45, 2.75) is 38.6 Å². The van der Waals surface area contributed by atoms with Gasteiger partial charge in [0, 0.05) is 22.6 Å². The van der Waals surface area contributed by atoms with E-state index in [0.29, 0.717) is 24.2 Å². The van der Waals surface area contributed by atoms with E-state index in [-0.39, 0.29) is 11.8 Å². The van der Waals surface area contributed by atoms with Crippen LogP contribution in [0.4, 0.5) is 4.39 Å². The van der Waals surface area contributed by atoms with Crippen molar-refractivity contribution in [3.63, 3.8) is 0 Å². The number of hydrogen-bond donors (Lipinski definition) is 1. The van der Waals surface area contributed by atoms with Crippen LogP contribution in [0, 0.1) is 5.82 Å². The van der Waals surface area contributed by atoms with Crippen molar-refractivity contribution in [3.05, 3.63) is 65.2 Å². The fourth-order valence-electron chi connectivity index (χ4n) is 4.36. The lowest BCUT2D eigenvalue weighted by Gasteiger charge is -2.35. The van der Waals surface area contributed by atoms with Crippen molar-refractivity contribution in [3.8, 4) is 5.75 Å². The summed E-state index contributed by atoms with van der Waals surface area (Å²) in [5, 5.41) is 1.16. The van der Waals surface area contributed by atoms with Gasteiger partial charge >= 0.3 is 0 Å². The number of ether oxygens (including phenoxy) is 1. The average molecular weight is 410 g/mol. The average Bonchev–Trinajstić information content (AvgIpc) is 3.16. The number of nitrogens with two attached hydrogens (primary N) is 1. The molecule has 1 aliphatic heterocycles. The minimum absolute atomic E-state index is 0.0819. The summed E-state index contributed by atoms with van der Waals surface area (Å²) in [6.45, 7) is 4.35. The van der Waals surface area contributed by atoms with Crippen molar-refractivity contribution >= 4 is 16.9 Å². The Balaban J connectivity index is 1.46. The Morgan fingerprint density at radius 1 is 1.23 bits per heavy atom. The van der Waals surface area contributed by atoms with Gasteiger partial charge in [-0.25, -0.2) is 4.39 Å². The Kier molecular flexibility index (Phi) is 6.04. The molecule has 0 radical (unpaired) electrons. The van der Waals surface area contributed by atoms with E-state index in [2.05, 4.69) is 17.9 Å². The van der Waals surface area contributed by atoms with E-state index >= 15 is 0 Å². The largest absolute Gasteiger partial charge is 0.489 e. The van der Waals surface area contributed by atoms with E-state index in [0.717, 1.165) is 43.3 Å². The summed E-state index contributed by atoms with van der Waals surface area (Å²) < 4.78 is 25.6. The number of halogens is 1. The maximum absolute atomic E-state index is 14.2. The molecule has 0 fully saturated rings. The van der Waals surface area contributed by atoms with Gasteiger partial charge in [0.15, 0.2) is 11.6 Å². The number of carbonyl (C=O) groups excluding carboxylic acids is 1. The predicted octanol–water partition coefficient (Wildman–Crippen LogP) is 4.32. The number of benzene rings is 2. The van der Waals surface area contributed by atoms with Crippen LogP contribution in [0.15, 0.2) is 47.1 Å². The standard InChI is InChI=1S/C24H27FN2O3/c1-2-11-27(12-5-6-16-14-29-22-8-4-3-7-18(16)22)17-13-20-19(24(26)28)9-10-21(25)23(20)30-15-17/h3-4,7-10,14,17H,2,5-6,11-13,15H2,1H3,(H2,26,28). The fraction of sp³-hybridized carbons (Fsp3) is 0.375. The van der Waals surface area contributed by atoms with Gasteiger partial charge in [-0.05, 0) is 62.5 Å². The molecule has 158 valence electrons. The molecule has 0 saturated heterocycles. The Hall–Kier alpha value is -2.86. The van der Waals surface area contributed by atoms with Gasteiger partial charge in [0.2, 0.25) is 5.91 Å². The van der Waals surface area contributed by atoms with Crippen molar-refractivity contribution in [2.24, 2.45) is 5.73 Å². The van der Waals surface area contributed by atoms with Gasteiger partial charge in [-0.2, -0.15) is 0 Å². The number of amides is 1. The zero-order valence-corrected chi connectivity index (χ0v) is 17.2. The molecule has 2 N–H and O–H groups in total. The molecule has 30 heavy (non-hydrogen) atoms. The zero-order valence-electron chi connectivity index (χ0n) is 17.2. The quantitative estimate of drug-likeness (QED) is 0.601. The van der Waals surface area contributed by atoms with Crippen LogP contribution in [0.3, 0.4) is 0 Å². The Labute approximate surface area is 175 Å². The second-order valence-corrected chi connectivity index (χ2v) is 7.83. The van der Waals surface area contributed by atoms with Crippen LogP contribution in [0.1, 0.15) is 41.3 Å². The SMILES string of the molecule is CCCN(CCCc1coc2ccccc12)C1COc2c(F)ccc(C(N)=O)c2C1. The highest BCUT2D eigenvalue weighted by atomic mass is 19.1. The molecule has 1 amide bonds. The van der Waals surface area contributed by atoms with E-state index < -0.39 is 11.7 Å². The number of aryl methyl sites for hydroxylation is 1. The van der Waals surface area contributed by atoms with Crippen molar-refractivity contribution in [2.75, 3.05) is 19.7 Å². The highest BCUT2D eigenvalue weighted by molar-refractivity contribution is 5.95. The molecular formula is C24H27FN2O3. The highest BCUT2D eigenvalue weighted by Gasteiger charge is 2.30. The summed E-state index contributed by atoms with van der Waals surface area (Å²) >= 11 is 0. The molecule has 3 aromatic rings. The van der Waals surface area contributed by atoms with Crippen LogP contribution >= 0.6 is 0 Å². The normalized spacial score (nSPS) is 15.9. The number of hydrogen-bond acceptors (Lipinski definition) is 4. The summed E-state index contributed by atoms with van der Waals surface area (Å²) in [5.41, 5.74) is 8.56. The fourth-order valence-corrected chi connectivity index (χ4v) is 4.36. The first-order chi connectivity index (χ1) is 14.6. The van der Waals surface area contributed by atoms with E-state index in [1.54, 1.807) is 0 Å². The number of rotatable bonds is 8. The molecule has 2 heterocycles. The molecule has 2 aromatic carbocycles. The lowest BCUT2D eigenvalue weighted by atomic mass is 9.95. The highest BCUT2D eigenvalue weighted by Crippen LogP contribution is 2.32.